The molecule has 232 valence electrons. The topological polar surface area (TPSA) is 165 Å². The zero-order valence-electron chi connectivity index (χ0n) is 24.1. The largest absolute Gasteiger partial charge is 0.478 e. The summed E-state index contributed by atoms with van der Waals surface area (Å²) < 4.78 is 16.0. The SMILES string of the molecule is CCOC(=O)CCC(NC(=O)c1cc(OC2(C(=O)O)CCC2)c2ccc(Cl)cc2n1)C(=O)N1CCN(C(=O)OCC)CC1. The van der Waals surface area contributed by atoms with Crippen LogP contribution in [0.4, 0.5) is 4.79 Å². The van der Waals surface area contributed by atoms with Crippen molar-refractivity contribution in [1.29, 1.82) is 0 Å². The van der Waals surface area contributed by atoms with Crippen LogP contribution in [0.15, 0.2) is 24.3 Å². The lowest BCUT2D eigenvalue weighted by Gasteiger charge is -2.38. The maximum atomic E-state index is 13.6. The molecule has 3 amide bonds. The van der Waals surface area contributed by atoms with Crippen molar-refractivity contribution in [3.05, 3.63) is 35.0 Å². The summed E-state index contributed by atoms with van der Waals surface area (Å²) in [4.78, 5) is 70.7. The number of pyridine rings is 1. The molecule has 2 aromatic rings. The summed E-state index contributed by atoms with van der Waals surface area (Å²) in [6.07, 6.45) is 0.696. The quantitative estimate of drug-likeness (QED) is 0.358. The highest BCUT2D eigenvalue weighted by Crippen LogP contribution is 2.39. The number of aromatic nitrogens is 1. The van der Waals surface area contributed by atoms with E-state index in [-0.39, 0.29) is 63.7 Å². The minimum absolute atomic E-state index is 0.0353. The Morgan fingerprint density at radius 1 is 1.02 bits per heavy atom. The monoisotopic (exact) mass is 618 g/mol. The van der Waals surface area contributed by atoms with Crippen LogP contribution >= 0.6 is 11.6 Å². The summed E-state index contributed by atoms with van der Waals surface area (Å²) in [7, 11) is 0. The maximum Gasteiger partial charge on any atom is 0.409 e. The number of carboxylic acid groups (broad SMARTS) is 1. The first-order chi connectivity index (χ1) is 20.6. The number of fused-ring (bicyclic) bond motifs is 1. The van der Waals surface area contributed by atoms with Crippen LogP contribution in [0.1, 0.15) is 56.4 Å². The number of rotatable bonds is 11. The Kier molecular flexibility index (Phi) is 10.3. The Morgan fingerprint density at radius 3 is 2.30 bits per heavy atom. The third kappa shape index (κ3) is 7.45. The number of piperazine rings is 1. The van der Waals surface area contributed by atoms with Gasteiger partial charge in [0.05, 0.1) is 18.7 Å². The molecule has 0 spiro atoms. The number of amides is 3. The van der Waals surface area contributed by atoms with Crippen LogP contribution in [0.25, 0.3) is 10.9 Å². The molecule has 2 N–H and O–H groups in total. The zero-order valence-corrected chi connectivity index (χ0v) is 24.9. The average molecular weight is 619 g/mol. The second kappa shape index (κ2) is 13.9. The highest BCUT2D eigenvalue weighted by Gasteiger charge is 2.47. The van der Waals surface area contributed by atoms with E-state index >= 15 is 0 Å². The van der Waals surface area contributed by atoms with E-state index in [1.54, 1.807) is 26.0 Å². The molecule has 1 saturated carbocycles. The van der Waals surface area contributed by atoms with Crippen LogP contribution in [-0.4, -0.2) is 101 Å². The minimum Gasteiger partial charge on any atom is -0.478 e. The third-order valence-corrected chi connectivity index (χ3v) is 7.72. The van der Waals surface area contributed by atoms with Crippen LogP contribution < -0.4 is 10.1 Å². The minimum atomic E-state index is -1.41. The van der Waals surface area contributed by atoms with Gasteiger partial charge in [-0.1, -0.05) is 11.6 Å². The number of hydrogen-bond donors (Lipinski definition) is 2. The first-order valence-corrected chi connectivity index (χ1v) is 14.6. The molecular weight excluding hydrogens is 584 g/mol. The first-order valence-electron chi connectivity index (χ1n) is 14.3. The predicted octanol–water partition coefficient (Wildman–Crippen LogP) is 3.02. The number of nitrogens with zero attached hydrogens (tertiary/aromatic N) is 3. The molecule has 1 aliphatic heterocycles. The number of hydrogen-bond acceptors (Lipinski definition) is 9. The number of carboxylic acids is 1. The lowest BCUT2D eigenvalue weighted by molar-refractivity contribution is -0.163. The highest BCUT2D eigenvalue weighted by atomic mass is 35.5. The molecule has 2 fully saturated rings. The Bertz CT molecular complexity index is 1390. The molecule has 1 aliphatic carbocycles. The molecule has 4 rings (SSSR count). The van der Waals surface area contributed by atoms with Crippen molar-refractivity contribution in [2.24, 2.45) is 0 Å². The Labute approximate surface area is 253 Å². The Hall–Kier alpha value is -4.13. The number of halogens is 1. The van der Waals surface area contributed by atoms with Gasteiger partial charge in [0, 0.05) is 49.1 Å². The van der Waals surface area contributed by atoms with E-state index in [2.05, 4.69) is 10.3 Å². The lowest BCUT2D eigenvalue weighted by atomic mass is 9.80. The summed E-state index contributed by atoms with van der Waals surface area (Å²) in [5.41, 5.74) is -1.23. The van der Waals surface area contributed by atoms with Crippen molar-refractivity contribution in [3.8, 4) is 5.75 Å². The second-order valence-electron chi connectivity index (χ2n) is 10.3. The molecule has 0 bridgehead atoms. The van der Waals surface area contributed by atoms with Crippen molar-refractivity contribution in [2.45, 2.75) is 57.6 Å². The van der Waals surface area contributed by atoms with E-state index in [0.29, 0.717) is 35.2 Å². The van der Waals surface area contributed by atoms with E-state index < -0.39 is 41.5 Å². The van der Waals surface area contributed by atoms with Gasteiger partial charge in [0.1, 0.15) is 17.5 Å². The van der Waals surface area contributed by atoms with Crippen molar-refractivity contribution in [2.75, 3.05) is 39.4 Å². The van der Waals surface area contributed by atoms with Crippen LogP contribution in [0.3, 0.4) is 0 Å². The van der Waals surface area contributed by atoms with Gasteiger partial charge >= 0.3 is 18.0 Å². The molecule has 2 aliphatic rings. The Morgan fingerprint density at radius 2 is 1.70 bits per heavy atom. The molecule has 1 atom stereocenters. The van der Waals surface area contributed by atoms with Crippen molar-refractivity contribution in [1.82, 2.24) is 20.1 Å². The van der Waals surface area contributed by atoms with E-state index in [1.807, 2.05) is 0 Å². The molecule has 1 aromatic carbocycles. The fourth-order valence-electron chi connectivity index (χ4n) is 4.97. The molecule has 0 radical (unpaired) electrons. The fraction of sp³-hybridized carbons (Fsp3) is 0.517. The van der Waals surface area contributed by atoms with Gasteiger partial charge in [0.15, 0.2) is 0 Å². The average Bonchev–Trinajstić information content (AvgIpc) is 2.96. The maximum absolute atomic E-state index is 13.6. The van der Waals surface area contributed by atoms with E-state index in [4.69, 9.17) is 25.8 Å². The molecule has 43 heavy (non-hydrogen) atoms. The number of aliphatic carboxylic acids is 1. The molecule has 1 unspecified atom stereocenters. The molecule has 13 nitrogen and oxygen atoms in total. The van der Waals surface area contributed by atoms with Crippen molar-refractivity contribution >= 4 is 52.4 Å². The standard InChI is InChI=1S/C29H35ClN4O9/c1-3-41-24(35)9-8-20(26(37)33-12-14-34(15-13-33)28(40)42-4-2)32-25(36)22-17-23(43-29(27(38)39)10-5-11-29)19-7-6-18(30)16-21(19)31-22/h6-7,16-17,20H,3-5,8-15H2,1-2H3,(H,32,36)(H,38,39). The number of carbonyl (C=O) groups excluding carboxylic acids is 4. The van der Waals surface area contributed by atoms with Gasteiger partial charge < -0.3 is 34.4 Å². The zero-order chi connectivity index (χ0) is 31.1. The second-order valence-corrected chi connectivity index (χ2v) is 10.7. The summed E-state index contributed by atoms with van der Waals surface area (Å²) in [6, 6.07) is 5.01. The third-order valence-electron chi connectivity index (χ3n) is 7.49. The molecular formula is C29H35ClN4O9. The number of esters is 1. The summed E-state index contributed by atoms with van der Waals surface area (Å²) >= 11 is 6.18. The fourth-order valence-corrected chi connectivity index (χ4v) is 5.13. The first kappa shape index (κ1) is 31.8. The van der Waals surface area contributed by atoms with Gasteiger partial charge in [-0.2, -0.15) is 0 Å². The Balaban J connectivity index is 1.57. The van der Waals surface area contributed by atoms with Crippen LogP contribution in [0, 0.1) is 0 Å². The van der Waals surface area contributed by atoms with Gasteiger partial charge in [0.25, 0.3) is 5.91 Å². The van der Waals surface area contributed by atoms with Gasteiger partial charge in [-0.3, -0.25) is 14.4 Å². The molecule has 2 heterocycles. The molecule has 1 saturated heterocycles. The summed E-state index contributed by atoms with van der Waals surface area (Å²) in [6.45, 7) is 4.71. The van der Waals surface area contributed by atoms with Gasteiger partial charge in [-0.05, 0) is 57.7 Å². The summed E-state index contributed by atoms with van der Waals surface area (Å²) in [5.74, 6) is -2.62. The normalized spacial score (nSPS) is 16.5. The van der Waals surface area contributed by atoms with Crippen molar-refractivity contribution < 1.29 is 43.3 Å². The van der Waals surface area contributed by atoms with Gasteiger partial charge in [-0.15, -0.1) is 0 Å². The van der Waals surface area contributed by atoms with Crippen LogP contribution in [0.2, 0.25) is 5.02 Å². The van der Waals surface area contributed by atoms with Crippen molar-refractivity contribution in [3.63, 3.8) is 0 Å². The predicted molar refractivity (Wildman–Crippen MR) is 154 cm³/mol. The highest BCUT2D eigenvalue weighted by molar-refractivity contribution is 6.31. The van der Waals surface area contributed by atoms with Gasteiger partial charge in [0.2, 0.25) is 11.5 Å². The lowest BCUT2D eigenvalue weighted by Crippen LogP contribution is -2.56. The molecule has 1 aromatic heterocycles. The number of benzene rings is 1. The van der Waals surface area contributed by atoms with E-state index in [9.17, 15) is 29.1 Å². The van der Waals surface area contributed by atoms with Crippen LogP contribution in [0.5, 0.6) is 5.75 Å². The number of carbonyl (C=O) groups is 5. The number of nitrogens with one attached hydrogen (secondary N) is 1. The van der Waals surface area contributed by atoms with E-state index in [1.165, 1.54) is 21.9 Å². The number of ether oxygens (including phenoxy) is 3. The van der Waals surface area contributed by atoms with E-state index in [0.717, 1.165) is 0 Å². The van der Waals surface area contributed by atoms with Gasteiger partial charge in [-0.25, -0.2) is 14.6 Å². The summed E-state index contributed by atoms with van der Waals surface area (Å²) in [5, 5.41) is 13.3. The smallest absolute Gasteiger partial charge is 0.409 e. The molecule has 14 heteroatoms. The van der Waals surface area contributed by atoms with Crippen LogP contribution in [-0.2, 0) is 23.9 Å².